The fourth-order valence-corrected chi connectivity index (χ4v) is 3.01. The van der Waals surface area contributed by atoms with Gasteiger partial charge in [-0.3, -0.25) is 0 Å². The Morgan fingerprint density at radius 3 is 2.50 bits per heavy atom. The molecule has 0 saturated carbocycles. The molecule has 0 spiro atoms. The van der Waals surface area contributed by atoms with Gasteiger partial charge in [0, 0.05) is 17.6 Å². The highest BCUT2D eigenvalue weighted by Crippen LogP contribution is 2.22. The molecule has 6 heteroatoms. The minimum atomic E-state index is 0. The van der Waals surface area contributed by atoms with Crippen LogP contribution in [0.15, 0.2) is 24.3 Å². The molecule has 1 saturated heterocycles. The zero-order chi connectivity index (χ0) is 14.5. The number of rotatable bonds is 5. The second-order valence-corrected chi connectivity index (χ2v) is 6.43. The molecule has 3 unspecified atom stereocenters. The van der Waals surface area contributed by atoms with Crippen molar-refractivity contribution in [1.82, 2.24) is 10.2 Å². The first-order valence-corrected chi connectivity index (χ1v) is 7.72. The summed E-state index contributed by atoms with van der Waals surface area (Å²) in [6, 6.07) is 8.02. The fourth-order valence-electron chi connectivity index (χ4n) is 2.88. The molecule has 1 aromatic carbocycles. The zero-order valence-corrected chi connectivity index (χ0v) is 15.8. The number of nitrogens with zero attached hydrogens (tertiary/aromatic N) is 1. The van der Waals surface area contributed by atoms with Gasteiger partial charge in [0.1, 0.15) is 11.9 Å². The summed E-state index contributed by atoms with van der Waals surface area (Å²) in [5, 5.41) is 4.33. The summed E-state index contributed by atoms with van der Waals surface area (Å²) in [6.45, 7) is 4.38. The van der Waals surface area contributed by atoms with Crippen molar-refractivity contribution in [2.45, 2.75) is 31.9 Å². The quantitative estimate of drug-likeness (QED) is 0.852. The van der Waals surface area contributed by atoms with E-state index in [2.05, 4.69) is 31.2 Å². The van der Waals surface area contributed by atoms with Crippen molar-refractivity contribution in [2.75, 3.05) is 27.2 Å². The van der Waals surface area contributed by atoms with Crippen molar-refractivity contribution in [1.29, 1.82) is 0 Å². The molecule has 1 aliphatic rings. The predicted octanol–water partition coefficient (Wildman–Crippen LogP) is 3.88. The molecular weight excluding hydrogens is 343 g/mol. The van der Waals surface area contributed by atoms with Crippen LogP contribution in [0.2, 0.25) is 5.02 Å². The molecule has 3 nitrogen and oxygen atoms in total. The van der Waals surface area contributed by atoms with Crippen LogP contribution in [-0.2, 0) is 0 Å². The van der Waals surface area contributed by atoms with Crippen LogP contribution in [0, 0.1) is 5.92 Å². The van der Waals surface area contributed by atoms with Gasteiger partial charge in [0.25, 0.3) is 0 Å². The van der Waals surface area contributed by atoms with Gasteiger partial charge in [0.2, 0.25) is 0 Å². The monoisotopic (exact) mass is 368 g/mol. The largest absolute Gasteiger partial charge is 0.489 e. The fraction of sp³-hybridized carbons (Fsp3) is 0.625. The molecule has 0 aromatic heterocycles. The van der Waals surface area contributed by atoms with Crippen LogP contribution in [0.3, 0.4) is 0 Å². The lowest BCUT2D eigenvalue weighted by molar-refractivity contribution is 0.125. The van der Waals surface area contributed by atoms with Gasteiger partial charge in [-0.2, -0.15) is 0 Å². The average Bonchev–Trinajstić information content (AvgIpc) is 2.41. The number of ether oxygens (including phenoxy) is 1. The molecule has 2 rings (SSSR count). The van der Waals surface area contributed by atoms with Crippen molar-refractivity contribution in [3.05, 3.63) is 29.3 Å². The standard InChI is InChI=1S/C16H25ClN2O.2ClH/c1-12(20-15-6-4-14(17)5-7-15)16-10-13(8-9-18-16)11-19(2)3;;/h4-7,12-13,16,18H,8-11H2,1-3H3;2*1H. The van der Waals surface area contributed by atoms with E-state index in [1.54, 1.807) is 0 Å². The highest BCUT2D eigenvalue weighted by molar-refractivity contribution is 6.30. The van der Waals surface area contributed by atoms with E-state index in [4.69, 9.17) is 16.3 Å². The van der Waals surface area contributed by atoms with Crippen molar-refractivity contribution in [3.63, 3.8) is 0 Å². The molecule has 22 heavy (non-hydrogen) atoms. The smallest absolute Gasteiger partial charge is 0.119 e. The summed E-state index contributed by atoms with van der Waals surface area (Å²) in [4.78, 5) is 2.28. The summed E-state index contributed by atoms with van der Waals surface area (Å²) < 4.78 is 6.03. The van der Waals surface area contributed by atoms with Crippen LogP contribution in [0.5, 0.6) is 5.75 Å². The third kappa shape index (κ3) is 6.93. The van der Waals surface area contributed by atoms with Gasteiger partial charge in [-0.25, -0.2) is 0 Å². The predicted molar refractivity (Wildman–Crippen MR) is 99.1 cm³/mol. The topological polar surface area (TPSA) is 24.5 Å². The highest BCUT2D eigenvalue weighted by atomic mass is 35.5. The van der Waals surface area contributed by atoms with E-state index >= 15 is 0 Å². The molecule has 0 amide bonds. The maximum absolute atomic E-state index is 6.03. The van der Waals surface area contributed by atoms with E-state index in [1.807, 2.05) is 24.3 Å². The molecule has 128 valence electrons. The van der Waals surface area contributed by atoms with E-state index in [9.17, 15) is 0 Å². The molecule has 1 N–H and O–H groups in total. The third-order valence-electron chi connectivity index (χ3n) is 3.87. The Hall–Kier alpha value is -0.190. The van der Waals surface area contributed by atoms with Crippen LogP contribution in [0.4, 0.5) is 0 Å². The van der Waals surface area contributed by atoms with Crippen LogP contribution in [0.1, 0.15) is 19.8 Å². The van der Waals surface area contributed by atoms with Gasteiger partial charge in [0.15, 0.2) is 0 Å². The number of nitrogens with one attached hydrogen (secondary N) is 1. The molecular formula is C16H27Cl3N2O. The lowest BCUT2D eigenvalue weighted by Gasteiger charge is -2.35. The summed E-state index contributed by atoms with van der Waals surface area (Å²) in [5.41, 5.74) is 0. The zero-order valence-electron chi connectivity index (χ0n) is 13.4. The molecule has 1 fully saturated rings. The maximum Gasteiger partial charge on any atom is 0.119 e. The first-order valence-electron chi connectivity index (χ1n) is 7.35. The van der Waals surface area contributed by atoms with E-state index < -0.39 is 0 Å². The minimum Gasteiger partial charge on any atom is -0.489 e. The molecule has 0 bridgehead atoms. The molecule has 1 aliphatic heterocycles. The summed E-state index contributed by atoms with van der Waals surface area (Å²) in [5.74, 6) is 1.64. The lowest BCUT2D eigenvalue weighted by Crippen LogP contribution is -2.48. The number of hydrogen-bond donors (Lipinski definition) is 1. The summed E-state index contributed by atoms with van der Waals surface area (Å²) in [7, 11) is 4.29. The van der Waals surface area contributed by atoms with Crippen molar-refractivity contribution >= 4 is 36.4 Å². The molecule has 0 radical (unpaired) electrons. The molecule has 1 aromatic rings. The Kier molecular flexibility index (Phi) is 10.5. The molecule has 1 heterocycles. The van der Waals surface area contributed by atoms with E-state index in [-0.39, 0.29) is 30.9 Å². The van der Waals surface area contributed by atoms with Gasteiger partial charge in [-0.05, 0) is 70.6 Å². The number of halogens is 3. The third-order valence-corrected chi connectivity index (χ3v) is 4.12. The average molecular weight is 370 g/mol. The van der Waals surface area contributed by atoms with Crippen LogP contribution in [-0.4, -0.2) is 44.2 Å². The van der Waals surface area contributed by atoms with E-state index in [0.717, 1.165) is 29.8 Å². The maximum atomic E-state index is 6.03. The Labute approximate surface area is 151 Å². The second kappa shape index (κ2) is 10.6. The lowest BCUT2D eigenvalue weighted by atomic mass is 9.90. The second-order valence-electron chi connectivity index (χ2n) is 5.99. The summed E-state index contributed by atoms with van der Waals surface area (Å²) >= 11 is 5.89. The normalized spacial score (nSPS) is 22.4. The number of piperidine rings is 1. The van der Waals surface area contributed by atoms with E-state index in [0.29, 0.717) is 6.04 Å². The SMILES string of the molecule is CC(Oc1ccc(Cl)cc1)C1CC(CN(C)C)CCN1.Cl.Cl. The Morgan fingerprint density at radius 2 is 1.91 bits per heavy atom. The van der Waals surface area contributed by atoms with Gasteiger partial charge in [0.05, 0.1) is 0 Å². The van der Waals surface area contributed by atoms with Crippen LogP contribution in [0.25, 0.3) is 0 Å². The minimum absolute atomic E-state index is 0. The number of benzene rings is 1. The highest BCUT2D eigenvalue weighted by Gasteiger charge is 2.27. The Balaban J connectivity index is 0.00000220. The van der Waals surface area contributed by atoms with Crippen molar-refractivity contribution < 1.29 is 4.74 Å². The van der Waals surface area contributed by atoms with Gasteiger partial charge in [-0.15, -0.1) is 24.8 Å². The van der Waals surface area contributed by atoms with Crippen LogP contribution >= 0.6 is 36.4 Å². The van der Waals surface area contributed by atoms with Crippen molar-refractivity contribution in [3.8, 4) is 5.75 Å². The first-order chi connectivity index (χ1) is 9.54. The number of hydrogen-bond acceptors (Lipinski definition) is 3. The van der Waals surface area contributed by atoms with Gasteiger partial charge in [-0.1, -0.05) is 11.6 Å². The van der Waals surface area contributed by atoms with Crippen LogP contribution < -0.4 is 10.1 Å². The van der Waals surface area contributed by atoms with Crippen molar-refractivity contribution in [2.24, 2.45) is 5.92 Å². The molecule has 3 atom stereocenters. The summed E-state index contributed by atoms with van der Waals surface area (Å²) in [6.07, 6.45) is 2.59. The Bertz CT molecular complexity index is 414. The van der Waals surface area contributed by atoms with E-state index in [1.165, 1.54) is 12.8 Å². The van der Waals surface area contributed by atoms with Gasteiger partial charge < -0.3 is 15.0 Å². The first kappa shape index (κ1) is 21.8. The Morgan fingerprint density at radius 1 is 1.27 bits per heavy atom. The molecule has 0 aliphatic carbocycles. The van der Waals surface area contributed by atoms with Gasteiger partial charge >= 0.3 is 0 Å².